The number of nitrogens with zero attached hydrogens (tertiary/aromatic N) is 4. The fraction of sp³-hybridized carbons (Fsp3) is 0.520. The molecule has 1 saturated carbocycles. The number of likely N-dealkylation sites (tertiary alicyclic amines) is 1. The predicted molar refractivity (Wildman–Crippen MR) is 124 cm³/mol. The van der Waals surface area contributed by atoms with E-state index in [0.717, 1.165) is 36.9 Å². The van der Waals surface area contributed by atoms with Gasteiger partial charge >= 0.3 is 0 Å². The fourth-order valence-electron chi connectivity index (χ4n) is 4.82. The minimum atomic E-state index is -0.371. The van der Waals surface area contributed by atoms with E-state index in [0.29, 0.717) is 43.5 Å². The van der Waals surface area contributed by atoms with Gasteiger partial charge in [-0.25, -0.2) is 4.39 Å². The van der Waals surface area contributed by atoms with Crippen molar-refractivity contribution in [3.05, 3.63) is 47.0 Å². The van der Waals surface area contributed by atoms with E-state index in [1.54, 1.807) is 14.5 Å². The molecule has 3 heterocycles. The second kappa shape index (κ2) is 9.67. The number of ether oxygens (including phenoxy) is 1. The molecule has 35 heavy (non-hydrogen) atoms. The first-order valence-corrected chi connectivity index (χ1v) is 12.2. The van der Waals surface area contributed by atoms with E-state index in [1.807, 2.05) is 7.05 Å². The molecule has 1 aromatic carbocycles. The third-order valence-electron chi connectivity index (χ3n) is 6.98. The van der Waals surface area contributed by atoms with Gasteiger partial charge in [0, 0.05) is 56.9 Å². The van der Waals surface area contributed by atoms with E-state index >= 15 is 0 Å². The number of fused-ring (bicyclic) bond motifs is 1. The van der Waals surface area contributed by atoms with Crippen LogP contribution in [0, 0.1) is 11.7 Å². The zero-order valence-corrected chi connectivity index (χ0v) is 19.8. The molecule has 1 aromatic heterocycles. The fourth-order valence-corrected chi connectivity index (χ4v) is 4.82. The average molecular weight is 484 g/mol. The van der Waals surface area contributed by atoms with Gasteiger partial charge in [0.15, 0.2) is 12.3 Å². The number of amides is 3. The smallest absolute Gasteiger partial charge is 0.274 e. The summed E-state index contributed by atoms with van der Waals surface area (Å²) < 4.78 is 20.3. The van der Waals surface area contributed by atoms with Crippen molar-refractivity contribution in [3.8, 4) is 5.75 Å². The van der Waals surface area contributed by atoms with Crippen molar-refractivity contribution in [2.24, 2.45) is 13.0 Å². The standard InChI is InChI=1S/C25H30FN5O4/c1-29-21-10-12-30(22(32)15-35-19-8-4-17(26)5-9-19)14-20(21)23(28-29)25(34)31-11-2-3-16(13-31)24(33)27-18-6-7-18/h4-5,8-9,16,18H,2-3,6-7,10-15H2,1H3,(H,27,33). The molecule has 0 radical (unpaired) electrons. The number of piperidine rings is 1. The Morgan fingerprint density at radius 1 is 1.11 bits per heavy atom. The molecule has 5 rings (SSSR count). The van der Waals surface area contributed by atoms with Crippen LogP contribution in [0.25, 0.3) is 0 Å². The Morgan fingerprint density at radius 3 is 2.63 bits per heavy atom. The van der Waals surface area contributed by atoms with E-state index in [4.69, 9.17) is 4.74 Å². The largest absolute Gasteiger partial charge is 0.484 e. The lowest BCUT2D eigenvalue weighted by Gasteiger charge is -2.32. The number of nitrogens with one attached hydrogen (secondary N) is 1. The number of carbonyl (C=O) groups is 3. The van der Waals surface area contributed by atoms with Crippen LogP contribution in [0.4, 0.5) is 4.39 Å². The number of rotatable bonds is 6. The molecule has 186 valence electrons. The summed E-state index contributed by atoms with van der Waals surface area (Å²) in [5, 5.41) is 7.56. The second-order valence-corrected chi connectivity index (χ2v) is 9.58. The number of benzene rings is 1. The maximum absolute atomic E-state index is 13.5. The third kappa shape index (κ3) is 5.16. The summed E-state index contributed by atoms with van der Waals surface area (Å²) in [6.07, 6.45) is 4.20. The zero-order valence-electron chi connectivity index (χ0n) is 19.8. The normalized spacial score (nSPS) is 19.8. The van der Waals surface area contributed by atoms with Gasteiger partial charge in [-0.1, -0.05) is 0 Å². The SMILES string of the molecule is Cn1nc(C(=O)N2CCCC(C(=O)NC3CC3)C2)c2c1CCN(C(=O)COc1ccc(F)cc1)C2. The Labute approximate surface area is 203 Å². The summed E-state index contributed by atoms with van der Waals surface area (Å²) in [6.45, 7) is 1.57. The Kier molecular flexibility index (Phi) is 6.44. The molecule has 1 saturated heterocycles. The topological polar surface area (TPSA) is 96.8 Å². The first-order valence-electron chi connectivity index (χ1n) is 12.2. The van der Waals surface area contributed by atoms with Gasteiger partial charge in [-0.15, -0.1) is 0 Å². The van der Waals surface area contributed by atoms with Crippen LogP contribution in [0.15, 0.2) is 24.3 Å². The molecule has 3 aliphatic rings. The number of carbonyl (C=O) groups excluding carboxylic acids is 3. The van der Waals surface area contributed by atoms with Gasteiger partial charge in [-0.05, 0) is 49.9 Å². The molecule has 9 nitrogen and oxygen atoms in total. The minimum absolute atomic E-state index is 0.0333. The molecule has 3 amide bonds. The Balaban J connectivity index is 1.24. The lowest BCUT2D eigenvalue weighted by molar-refractivity contribution is -0.134. The molecule has 2 aromatic rings. The van der Waals surface area contributed by atoms with Crippen LogP contribution in [-0.2, 0) is 29.6 Å². The first kappa shape index (κ1) is 23.3. The van der Waals surface area contributed by atoms with Crippen molar-refractivity contribution < 1.29 is 23.5 Å². The highest BCUT2D eigenvalue weighted by Crippen LogP contribution is 2.27. The highest BCUT2D eigenvalue weighted by Gasteiger charge is 2.35. The van der Waals surface area contributed by atoms with Crippen LogP contribution in [0.3, 0.4) is 0 Å². The van der Waals surface area contributed by atoms with Gasteiger partial charge in [0.05, 0.1) is 5.92 Å². The number of hydrogen-bond donors (Lipinski definition) is 1. The van der Waals surface area contributed by atoms with Crippen molar-refractivity contribution in [1.29, 1.82) is 0 Å². The zero-order chi connectivity index (χ0) is 24.5. The summed E-state index contributed by atoms with van der Waals surface area (Å²) in [4.78, 5) is 42.2. The second-order valence-electron chi connectivity index (χ2n) is 9.58. The maximum atomic E-state index is 13.5. The monoisotopic (exact) mass is 483 g/mol. The maximum Gasteiger partial charge on any atom is 0.274 e. The van der Waals surface area contributed by atoms with Crippen LogP contribution >= 0.6 is 0 Å². The molecule has 10 heteroatoms. The molecule has 1 atom stereocenters. The average Bonchev–Trinajstić information content (AvgIpc) is 3.63. The molecule has 0 bridgehead atoms. The molecule has 2 fully saturated rings. The quantitative estimate of drug-likeness (QED) is 0.674. The van der Waals surface area contributed by atoms with Crippen molar-refractivity contribution in [2.75, 3.05) is 26.2 Å². The van der Waals surface area contributed by atoms with Gasteiger partial charge in [0.2, 0.25) is 5.91 Å². The van der Waals surface area contributed by atoms with Crippen molar-refractivity contribution in [2.45, 2.75) is 44.7 Å². The summed E-state index contributed by atoms with van der Waals surface area (Å²) in [6, 6.07) is 5.81. The summed E-state index contributed by atoms with van der Waals surface area (Å²) in [7, 11) is 1.81. The summed E-state index contributed by atoms with van der Waals surface area (Å²) in [5.74, 6) is -0.523. The number of aryl methyl sites for hydroxylation is 1. The predicted octanol–water partition coefficient (Wildman–Crippen LogP) is 1.65. The van der Waals surface area contributed by atoms with Crippen LogP contribution in [0.1, 0.15) is 47.4 Å². The molecular weight excluding hydrogens is 453 g/mol. The van der Waals surface area contributed by atoms with Gasteiger partial charge in [-0.2, -0.15) is 5.10 Å². The van der Waals surface area contributed by atoms with E-state index in [2.05, 4.69) is 10.4 Å². The molecule has 1 N–H and O–H groups in total. The van der Waals surface area contributed by atoms with Gasteiger partial charge in [0.1, 0.15) is 11.6 Å². The van der Waals surface area contributed by atoms with Crippen LogP contribution < -0.4 is 10.1 Å². The third-order valence-corrected chi connectivity index (χ3v) is 6.98. The van der Waals surface area contributed by atoms with E-state index < -0.39 is 0 Å². The molecular formula is C25H30FN5O4. The Hall–Kier alpha value is -3.43. The molecule has 0 spiro atoms. The van der Waals surface area contributed by atoms with Gasteiger partial charge < -0.3 is 19.9 Å². The van der Waals surface area contributed by atoms with Gasteiger partial charge in [0.25, 0.3) is 11.8 Å². The van der Waals surface area contributed by atoms with Crippen molar-refractivity contribution >= 4 is 17.7 Å². The van der Waals surface area contributed by atoms with Crippen molar-refractivity contribution in [1.82, 2.24) is 24.9 Å². The van der Waals surface area contributed by atoms with Crippen molar-refractivity contribution in [3.63, 3.8) is 0 Å². The number of halogens is 1. The van der Waals surface area contributed by atoms with Crippen LogP contribution in [0.2, 0.25) is 0 Å². The Morgan fingerprint density at radius 2 is 1.89 bits per heavy atom. The summed E-state index contributed by atoms with van der Waals surface area (Å²) in [5.41, 5.74) is 2.04. The van der Waals surface area contributed by atoms with E-state index in [1.165, 1.54) is 24.3 Å². The highest BCUT2D eigenvalue weighted by atomic mass is 19.1. The lowest BCUT2D eigenvalue weighted by atomic mass is 9.96. The van der Waals surface area contributed by atoms with Gasteiger partial charge in [-0.3, -0.25) is 19.1 Å². The molecule has 1 aliphatic carbocycles. The number of hydrogen-bond acceptors (Lipinski definition) is 5. The van der Waals surface area contributed by atoms with E-state index in [9.17, 15) is 18.8 Å². The van der Waals surface area contributed by atoms with Crippen LogP contribution in [0.5, 0.6) is 5.75 Å². The highest BCUT2D eigenvalue weighted by molar-refractivity contribution is 5.95. The molecule has 2 aliphatic heterocycles. The first-order chi connectivity index (χ1) is 16.9. The van der Waals surface area contributed by atoms with Crippen LogP contribution in [-0.4, -0.2) is 69.6 Å². The van der Waals surface area contributed by atoms with E-state index in [-0.39, 0.29) is 42.6 Å². The summed E-state index contributed by atoms with van der Waals surface area (Å²) >= 11 is 0. The minimum Gasteiger partial charge on any atom is -0.484 e. The Bertz CT molecular complexity index is 1130. The molecule has 1 unspecified atom stereocenters. The lowest BCUT2D eigenvalue weighted by Crippen LogP contribution is -2.46. The number of aromatic nitrogens is 2.